The first-order valence-corrected chi connectivity index (χ1v) is 6.35. The van der Waals surface area contributed by atoms with Gasteiger partial charge in [0.15, 0.2) is 0 Å². The summed E-state index contributed by atoms with van der Waals surface area (Å²) in [5.41, 5.74) is 8.16. The molecule has 4 nitrogen and oxygen atoms in total. The van der Waals surface area contributed by atoms with Crippen LogP contribution in [0, 0.1) is 0 Å². The normalized spacial score (nSPS) is 18.1. The summed E-state index contributed by atoms with van der Waals surface area (Å²) in [6.07, 6.45) is 7.88. The molecule has 0 aliphatic heterocycles. The molecule has 1 aliphatic rings. The van der Waals surface area contributed by atoms with E-state index in [9.17, 15) is 4.79 Å². The summed E-state index contributed by atoms with van der Waals surface area (Å²) < 4.78 is 1.58. The van der Waals surface area contributed by atoms with Crippen molar-refractivity contribution >= 4 is 0 Å². The molecule has 1 saturated carbocycles. The molecule has 0 bridgehead atoms. The Labute approximate surface area is 105 Å². The number of nitrogens with zero attached hydrogens (tertiary/aromatic N) is 1. The molecular formula is C14H17N3O. The average molecular weight is 243 g/mol. The van der Waals surface area contributed by atoms with E-state index in [4.69, 9.17) is 5.73 Å². The van der Waals surface area contributed by atoms with E-state index in [-0.39, 0.29) is 11.2 Å². The van der Waals surface area contributed by atoms with Crippen molar-refractivity contribution in [2.75, 3.05) is 0 Å². The smallest absolute Gasteiger partial charge is 0.321 e. The molecule has 1 aliphatic carbocycles. The van der Waals surface area contributed by atoms with E-state index in [0.717, 1.165) is 18.5 Å². The van der Waals surface area contributed by atoms with Gasteiger partial charge in [-0.25, -0.2) is 4.79 Å². The van der Waals surface area contributed by atoms with Crippen molar-refractivity contribution in [3.63, 3.8) is 0 Å². The number of nitrogens with one attached hydrogen (secondary N) is 1. The van der Waals surface area contributed by atoms with Crippen LogP contribution in [0.4, 0.5) is 0 Å². The van der Waals surface area contributed by atoms with E-state index >= 15 is 0 Å². The molecule has 1 heterocycles. The predicted octanol–water partition coefficient (Wildman–Crippen LogP) is 1.89. The van der Waals surface area contributed by atoms with Crippen molar-refractivity contribution in [1.82, 2.24) is 9.55 Å². The zero-order valence-electron chi connectivity index (χ0n) is 10.2. The lowest BCUT2D eigenvalue weighted by Crippen LogP contribution is -2.33. The Morgan fingerprint density at radius 2 is 1.83 bits per heavy atom. The van der Waals surface area contributed by atoms with E-state index < -0.39 is 0 Å². The van der Waals surface area contributed by atoms with Gasteiger partial charge in [0.1, 0.15) is 0 Å². The van der Waals surface area contributed by atoms with Gasteiger partial charge in [-0.05, 0) is 30.5 Å². The molecular weight excluding hydrogens is 226 g/mol. The molecule has 0 saturated heterocycles. The molecule has 1 aromatic carbocycles. The maximum absolute atomic E-state index is 11.5. The van der Waals surface area contributed by atoms with E-state index in [1.54, 1.807) is 17.0 Å². The maximum Gasteiger partial charge on any atom is 0.330 e. The predicted molar refractivity (Wildman–Crippen MR) is 70.7 cm³/mol. The van der Waals surface area contributed by atoms with Gasteiger partial charge in [0.25, 0.3) is 0 Å². The lowest BCUT2D eigenvalue weighted by Gasteiger charge is -2.24. The topological polar surface area (TPSA) is 63.8 Å². The standard InChI is InChI=1S/C14H17N3O/c15-14(7-1-2-8-14)11-3-5-12(6-4-11)17-10-9-16-13(17)18/h3-6,9-10H,1-2,7-8,15H2,(H,16,18). The fourth-order valence-corrected chi connectivity index (χ4v) is 2.77. The van der Waals surface area contributed by atoms with Crippen LogP contribution in [-0.4, -0.2) is 9.55 Å². The number of rotatable bonds is 2. The molecule has 1 fully saturated rings. The van der Waals surface area contributed by atoms with Gasteiger partial charge < -0.3 is 10.7 Å². The second-order valence-electron chi connectivity index (χ2n) is 5.05. The Morgan fingerprint density at radius 1 is 1.17 bits per heavy atom. The van der Waals surface area contributed by atoms with Crippen LogP contribution in [-0.2, 0) is 5.54 Å². The first-order valence-electron chi connectivity index (χ1n) is 6.35. The van der Waals surface area contributed by atoms with Crippen LogP contribution < -0.4 is 11.4 Å². The van der Waals surface area contributed by atoms with Crippen LogP contribution in [0.3, 0.4) is 0 Å². The highest BCUT2D eigenvalue weighted by Gasteiger charge is 2.30. The van der Waals surface area contributed by atoms with Crippen LogP contribution in [0.15, 0.2) is 41.5 Å². The second-order valence-corrected chi connectivity index (χ2v) is 5.05. The fraction of sp³-hybridized carbons (Fsp3) is 0.357. The van der Waals surface area contributed by atoms with Gasteiger partial charge in [-0.15, -0.1) is 0 Å². The number of H-pyrrole nitrogens is 1. The Morgan fingerprint density at radius 3 is 2.39 bits per heavy atom. The lowest BCUT2D eigenvalue weighted by molar-refractivity contribution is 0.461. The molecule has 0 spiro atoms. The third-order valence-electron chi connectivity index (χ3n) is 3.87. The summed E-state index contributed by atoms with van der Waals surface area (Å²) in [5, 5.41) is 0. The highest BCUT2D eigenvalue weighted by atomic mass is 16.1. The first kappa shape index (κ1) is 11.3. The number of aromatic amines is 1. The van der Waals surface area contributed by atoms with Crippen LogP contribution >= 0.6 is 0 Å². The molecule has 1 aromatic heterocycles. The number of nitrogens with two attached hydrogens (primary N) is 1. The van der Waals surface area contributed by atoms with Gasteiger partial charge >= 0.3 is 5.69 Å². The Balaban J connectivity index is 1.94. The van der Waals surface area contributed by atoms with Gasteiger partial charge in [0.05, 0.1) is 5.69 Å². The van der Waals surface area contributed by atoms with Gasteiger partial charge in [-0.3, -0.25) is 4.57 Å². The van der Waals surface area contributed by atoms with E-state index in [1.807, 2.05) is 24.3 Å². The molecule has 4 heteroatoms. The SMILES string of the molecule is NC1(c2ccc(-n3cc[nH]c3=O)cc2)CCCC1. The highest BCUT2D eigenvalue weighted by molar-refractivity contribution is 5.37. The zero-order valence-corrected chi connectivity index (χ0v) is 10.2. The van der Waals surface area contributed by atoms with Gasteiger partial charge in [0, 0.05) is 17.9 Å². The minimum Gasteiger partial charge on any atom is -0.321 e. The number of aromatic nitrogens is 2. The molecule has 0 unspecified atom stereocenters. The van der Waals surface area contributed by atoms with E-state index in [2.05, 4.69) is 4.98 Å². The fourth-order valence-electron chi connectivity index (χ4n) is 2.77. The Hall–Kier alpha value is -1.81. The van der Waals surface area contributed by atoms with Crippen molar-refractivity contribution in [2.45, 2.75) is 31.2 Å². The van der Waals surface area contributed by atoms with E-state index in [1.165, 1.54) is 18.4 Å². The summed E-state index contributed by atoms with van der Waals surface area (Å²) in [6.45, 7) is 0. The Bertz CT molecular complexity index is 588. The minimum absolute atomic E-state index is 0.119. The quantitative estimate of drug-likeness (QED) is 0.846. The number of hydrogen-bond acceptors (Lipinski definition) is 2. The molecule has 3 N–H and O–H groups in total. The van der Waals surface area contributed by atoms with E-state index in [0.29, 0.717) is 0 Å². The molecule has 94 valence electrons. The highest BCUT2D eigenvalue weighted by Crippen LogP contribution is 2.36. The van der Waals surface area contributed by atoms with Crippen molar-refractivity contribution in [3.8, 4) is 5.69 Å². The third kappa shape index (κ3) is 1.78. The minimum atomic E-state index is -0.165. The van der Waals surface area contributed by atoms with Gasteiger partial charge in [0.2, 0.25) is 0 Å². The van der Waals surface area contributed by atoms with Crippen LogP contribution in [0.1, 0.15) is 31.2 Å². The molecule has 3 rings (SSSR count). The largest absolute Gasteiger partial charge is 0.330 e. The van der Waals surface area contributed by atoms with Crippen molar-refractivity contribution in [1.29, 1.82) is 0 Å². The first-order chi connectivity index (χ1) is 8.69. The summed E-state index contributed by atoms with van der Waals surface area (Å²) >= 11 is 0. The van der Waals surface area contributed by atoms with Crippen LogP contribution in [0.2, 0.25) is 0 Å². The molecule has 0 amide bonds. The summed E-state index contributed by atoms with van der Waals surface area (Å²) in [5.74, 6) is 0. The maximum atomic E-state index is 11.5. The third-order valence-corrected chi connectivity index (χ3v) is 3.87. The molecule has 0 radical (unpaired) electrons. The van der Waals surface area contributed by atoms with Crippen LogP contribution in [0.25, 0.3) is 5.69 Å². The van der Waals surface area contributed by atoms with Crippen molar-refractivity contribution in [3.05, 3.63) is 52.7 Å². The summed E-state index contributed by atoms with van der Waals surface area (Å²) in [4.78, 5) is 14.1. The van der Waals surface area contributed by atoms with Gasteiger partial charge in [-0.1, -0.05) is 25.0 Å². The summed E-state index contributed by atoms with van der Waals surface area (Å²) in [6, 6.07) is 8.00. The average Bonchev–Trinajstić information content (AvgIpc) is 2.99. The molecule has 0 atom stereocenters. The van der Waals surface area contributed by atoms with Crippen LogP contribution in [0.5, 0.6) is 0 Å². The molecule has 18 heavy (non-hydrogen) atoms. The number of benzene rings is 1. The monoisotopic (exact) mass is 243 g/mol. The number of hydrogen-bond donors (Lipinski definition) is 2. The lowest BCUT2D eigenvalue weighted by atomic mass is 9.89. The second kappa shape index (κ2) is 4.14. The summed E-state index contributed by atoms with van der Waals surface area (Å²) in [7, 11) is 0. The Kier molecular flexibility index (Phi) is 2.59. The van der Waals surface area contributed by atoms with Gasteiger partial charge in [-0.2, -0.15) is 0 Å². The zero-order chi connectivity index (χ0) is 12.6. The number of imidazole rings is 1. The molecule has 2 aromatic rings. The van der Waals surface area contributed by atoms with Crippen molar-refractivity contribution in [2.24, 2.45) is 5.73 Å². The van der Waals surface area contributed by atoms with Crippen molar-refractivity contribution < 1.29 is 0 Å².